The molecule has 2 rings (SSSR count). The zero-order valence-corrected chi connectivity index (χ0v) is 11.7. The van der Waals surface area contributed by atoms with Crippen molar-refractivity contribution in [1.82, 2.24) is 10.0 Å². The second kappa shape index (κ2) is 4.68. The standard InChI is InChI=1S/C11H18N2O2S2/c1-11(4-3-5-11)13-17(14,15)10-6-9(7-12-2)8-16-10/h6,8,12-13H,3-5,7H2,1-2H3. The van der Waals surface area contributed by atoms with E-state index in [1.165, 1.54) is 11.3 Å². The van der Waals surface area contributed by atoms with E-state index in [1.807, 2.05) is 19.4 Å². The average Bonchev–Trinajstić information content (AvgIpc) is 2.65. The Morgan fingerprint density at radius 3 is 2.71 bits per heavy atom. The molecule has 0 aliphatic heterocycles. The summed E-state index contributed by atoms with van der Waals surface area (Å²) in [6.07, 6.45) is 2.97. The lowest BCUT2D eigenvalue weighted by Gasteiger charge is -2.38. The Morgan fingerprint density at radius 1 is 1.47 bits per heavy atom. The highest BCUT2D eigenvalue weighted by Gasteiger charge is 2.36. The summed E-state index contributed by atoms with van der Waals surface area (Å²) in [5.41, 5.74) is 0.781. The van der Waals surface area contributed by atoms with E-state index in [0.29, 0.717) is 10.8 Å². The number of hydrogen-bond acceptors (Lipinski definition) is 4. The van der Waals surface area contributed by atoms with Gasteiger partial charge in [-0.25, -0.2) is 13.1 Å². The van der Waals surface area contributed by atoms with Gasteiger partial charge in [0.15, 0.2) is 0 Å². The molecule has 17 heavy (non-hydrogen) atoms. The first-order valence-corrected chi connectivity index (χ1v) is 8.07. The third kappa shape index (κ3) is 2.88. The monoisotopic (exact) mass is 274 g/mol. The van der Waals surface area contributed by atoms with E-state index in [0.717, 1.165) is 24.8 Å². The zero-order chi connectivity index (χ0) is 12.5. The van der Waals surface area contributed by atoms with Crippen LogP contribution < -0.4 is 10.0 Å². The summed E-state index contributed by atoms with van der Waals surface area (Å²) in [6.45, 7) is 2.67. The average molecular weight is 274 g/mol. The van der Waals surface area contributed by atoms with Crippen LogP contribution in [0.1, 0.15) is 31.7 Å². The van der Waals surface area contributed by atoms with Crippen molar-refractivity contribution < 1.29 is 8.42 Å². The molecule has 1 aromatic rings. The van der Waals surface area contributed by atoms with Crippen molar-refractivity contribution in [2.45, 2.75) is 42.5 Å². The normalized spacial score (nSPS) is 18.9. The Hall–Kier alpha value is -0.430. The molecule has 1 aliphatic carbocycles. The Labute approximate surface area is 106 Å². The number of hydrogen-bond donors (Lipinski definition) is 2. The molecule has 1 aromatic heterocycles. The number of rotatable bonds is 5. The van der Waals surface area contributed by atoms with Crippen LogP contribution in [0.5, 0.6) is 0 Å². The van der Waals surface area contributed by atoms with Gasteiger partial charge in [-0.3, -0.25) is 0 Å². The van der Waals surface area contributed by atoms with E-state index < -0.39 is 10.0 Å². The largest absolute Gasteiger partial charge is 0.316 e. The van der Waals surface area contributed by atoms with E-state index in [1.54, 1.807) is 6.07 Å². The summed E-state index contributed by atoms with van der Waals surface area (Å²) in [4.78, 5) is 0. The summed E-state index contributed by atoms with van der Waals surface area (Å²) in [5, 5.41) is 4.89. The molecule has 4 nitrogen and oxygen atoms in total. The van der Waals surface area contributed by atoms with E-state index in [4.69, 9.17) is 0 Å². The van der Waals surface area contributed by atoms with Crippen LogP contribution in [0.3, 0.4) is 0 Å². The minimum absolute atomic E-state index is 0.230. The van der Waals surface area contributed by atoms with Crippen LogP contribution in [-0.4, -0.2) is 21.0 Å². The van der Waals surface area contributed by atoms with Gasteiger partial charge in [-0.15, -0.1) is 11.3 Å². The maximum Gasteiger partial charge on any atom is 0.250 e. The predicted molar refractivity (Wildman–Crippen MR) is 69.7 cm³/mol. The third-order valence-electron chi connectivity index (χ3n) is 3.11. The van der Waals surface area contributed by atoms with E-state index in [2.05, 4.69) is 10.0 Å². The molecule has 0 bridgehead atoms. The fraction of sp³-hybridized carbons (Fsp3) is 0.636. The van der Waals surface area contributed by atoms with Crippen LogP contribution in [0.4, 0.5) is 0 Å². The van der Waals surface area contributed by atoms with E-state index >= 15 is 0 Å². The highest BCUT2D eigenvalue weighted by Crippen LogP contribution is 2.33. The molecule has 6 heteroatoms. The van der Waals surface area contributed by atoms with Crippen LogP contribution in [0, 0.1) is 0 Å². The first-order valence-electron chi connectivity index (χ1n) is 5.71. The molecule has 0 aromatic carbocycles. The Bertz CT molecular complexity index is 489. The fourth-order valence-corrected chi connectivity index (χ4v) is 4.65. The summed E-state index contributed by atoms with van der Waals surface area (Å²) in [7, 11) is -1.49. The van der Waals surface area contributed by atoms with Gasteiger partial charge in [-0.1, -0.05) is 0 Å². The van der Waals surface area contributed by atoms with Crippen molar-refractivity contribution in [2.24, 2.45) is 0 Å². The Kier molecular flexibility index (Phi) is 3.58. The highest BCUT2D eigenvalue weighted by molar-refractivity contribution is 7.91. The molecule has 0 amide bonds. The van der Waals surface area contributed by atoms with Gasteiger partial charge in [0, 0.05) is 12.1 Å². The van der Waals surface area contributed by atoms with Gasteiger partial charge in [-0.2, -0.15) is 0 Å². The Balaban J connectivity index is 2.13. The van der Waals surface area contributed by atoms with Gasteiger partial charge < -0.3 is 5.32 Å². The van der Waals surface area contributed by atoms with Gasteiger partial charge in [0.2, 0.25) is 0 Å². The van der Waals surface area contributed by atoms with Crippen molar-refractivity contribution in [3.05, 3.63) is 17.0 Å². The lowest BCUT2D eigenvalue weighted by atomic mass is 9.80. The third-order valence-corrected chi connectivity index (χ3v) is 6.24. The predicted octanol–water partition coefficient (Wildman–Crippen LogP) is 1.69. The number of thiophene rings is 1. The zero-order valence-electron chi connectivity index (χ0n) is 10.1. The molecule has 0 unspecified atom stereocenters. The van der Waals surface area contributed by atoms with Crippen molar-refractivity contribution in [2.75, 3.05) is 7.05 Å². The van der Waals surface area contributed by atoms with E-state index in [9.17, 15) is 8.42 Å². The van der Waals surface area contributed by atoms with Crippen molar-refractivity contribution in [3.63, 3.8) is 0 Å². The van der Waals surface area contributed by atoms with Crippen LogP contribution in [-0.2, 0) is 16.6 Å². The smallest absolute Gasteiger partial charge is 0.250 e. The lowest BCUT2D eigenvalue weighted by molar-refractivity contribution is 0.248. The van der Waals surface area contributed by atoms with Crippen molar-refractivity contribution in [3.8, 4) is 0 Å². The molecule has 2 N–H and O–H groups in total. The minimum Gasteiger partial charge on any atom is -0.316 e. The Morgan fingerprint density at radius 2 is 2.18 bits per heavy atom. The number of sulfonamides is 1. The molecule has 0 atom stereocenters. The van der Waals surface area contributed by atoms with Gasteiger partial charge in [-0.05, 0) is 50.2 Å². The molecule has 0 saturated heterocycles. The molecule has 0 spiro atoms. The molecule has 0 radical (unpaired) electrons. The van der Waals surface area contributed by atoms with Gasteiger partial charge in [0.25, 0.3) is 10.0 Å². The fourth-order valence-electron chi connectivity index (χ4n) is 1.97. The lowest BCUT2D eigenvalue weighted by Crippen LogP contribution is -2.50. The molecule has 1 fully saturated rings. The summed E-state index contributed by atoms with van der Waals surface area (Å²) in [5.74, 6) is 0. The van der Waals surface area contributed by atoms with Crippen LogP contribution >= 0.6 is 11.3 Å². The van der Waals surface area contributed by atoms with Gasteiger partial charge in [0.05, 0.1) is 0 Å². The van der Waals surface area contributed by atoms with Gasteiger partial charge >= 0.3 is 0 Å². The molecular weight excluding hydrogens is 256 g/mol. The molecular formula is C11H18N2O2S2. The summed E-state index contributed by atoms with van der Waals surface area (Å²) in [6, 6.07) is 1.74. The second-order valence-corrected chi connectivity index (χ2v) is 7.64. The quantitative estimate of drug-likeness (QED) is 0.859. The second-order valence-electron chi connectivity index (χ2n) is 4.82. The van der Waals surface area contributed by atoms with Crippen LogP contribution in [0.15, 0.2) is 15.7 Å². The maximum atomic E-state index is 12.1. The highest BCUT2D eigenvalue weighted by atomic mass is 32.2. The van der Waals surface area contributed by atoms with Crippen molar-refractivity contribution in [1.29, 1.82) is 0 Å². The summed E-state index contributed by atoms with van der Waals surface area (Å²) >= 11 is 1.28. The minimum atomic E-state index is -3.34. The van der Waals surface area contributed by atoms with Gasteiger partial charge in [0.1, 0.15) is 4.21 Å². The van der Waals surface area contributed by atoms with Crippen LogP contribution in [0.2, 0.25) is 0 Å². The topological polar surface area (TPSA) is 58.2 Å². The first kappa shape index (κ1) is 13.0. The first-order chi connectivity index (χ1) is 7.95. The van der Waals surface area contributed by atoms with E-state index in [-0.39, 0.29) is 5.54 Å². The molecule has 1 heterocycles. The molecule has 1 aliphatic rings. The number of nitrogens with one attached hydrogen (secondary N) is 2. The van der Waals surface area contributed by atoms with Crippen LogP contribution in [0.25, 0.3) is 0 Å². The summed E-state index contributed by atoms with van der Waals surface area (Å²) < 4.78 is 27.5. The van der Waals surface area contributed by atoms with Crippen molar-refractivity contribution >= 4 is 21.4 Å². The molecule has 96 valence electrons. The SMILES string of the molecule is CNCc1csc(S(=O)(=O)NC2(C)CCC2)c1. The molecule has 1 saturated carbocycles. The maximum absolute atomic E-state index is 12.1.